The maximum Gasteiger partial charge on any atom is 0.0300 e. The summed E-state index contributed by atoms with van der Waals surface area (Å²) < 4.78 is 0. The van der Waals surface area contributed by atoms with Crippen LogP contribution >= 0.6 is 0 Å². The normalized spacial score (nSPS) is 42.6. The number of nitrogens with zero attached hydrogens (tertiary/aromatic N) is 2. The van der Waals surface area contributed by atoms with Gasteiger partial charge in [-0.15, -0.1) is 0 Å². The van der Waals surface area contributed by atoms with Crippen molar-refractivity contribution in [2.75, 3.05) is 27.2 Å². The highest BCUT2D eigenvalue weighted by Crippen LogP contribution is 2.60. The lowest BCUT2D eigenvalue weighted by molar-refractivity contribution is -0.183. The minimum Gasteiger partial charge on any atom is -0.301 e. The van der Waals surface area contributed by atoms with E-state index in [2.05, 4.69) is 65.4 Å². The van der Waals surface area contributed by atoms with Crippen molar-refractivity contribution < 1.29 is 0 Å². The van der Waals surface area contributed by atoms with Crippen LogP contribution < -0.4 is 0 Å². The van der Waals surface area contributed by atoms with E-state index in [9.17, 15) is 0 Å². The Kier molecular flexibility index (Phi) is 3.84. The second kappa shape index (κ2) is 4.71. The van der Waals surface area contributed by atoms with Crippen molar-refractivity contribution in [2.45, 2.75) is 78.3 Å². The third kappa shape index (κ3) is 1.83. The molecular formula is C18H36N2. The van der Waals surface area contributed by atoms with E-state index in [4.69, 9.17) is 0 Å². The standard InChI is InChI=1S/C18H36N2/c1-15(2)11-9-14-20(8)18(15,6)17(5)12-10-13-19(7)16(17,3)4/h9-14H2,1-8H3. The SMILES string of the molecule is CN1CCCC(C)(C2(C)N(C)CCCC2(C)C)C1(C)C. The molecule has 0 N–H and O–H groups in total. The molecule has 0 aromatic carbocycles. The summed E-state index contributed by atoms with van der Waals surface area (Å²) in [5.41, 5.74) is 1.16. The Bertz CT molecular complexity index is 374. The van der Waals surface area contributed by atoms with E-state index in [0.717, 1.165) is 0 Å². The smallest absolute Gasteiger partial charge is 0.0300 e. The fourth-order valence-corrected chi connectivity index (χ4v) is 5.43. The Balaban J connectivity index is 2.54. The van der Waals surface area contributed by atoms with Crippen molar-refractivity contribution in [1.82, 2.24) is 9.80 Å². The van der Waals surface area contributed by atoms with Crippen molar-refractivity contribution in [2.24, 2.45) is 10.8 Å². The molecule has 0 saturated carbocycles. The summed E-state index contributed by atoms with van der Waals surface area (Å²) in [6.45, 7) is 17.5. The van der Waals surface area contributed by atoms with Gasteiger partial charge in [-0.2, -0.15) is 0 Å². The second-order valence-electron chi connectivity index (χ2n) is 8.90. The van der Waals surface area contributed by atoms with Gasteiger partial charge in [0.1, 0.15) is 0 Å². The molecule has 2 aliphatic rings. The van der Waals surface area contributed by atoms with Crippen LogP contribution in [0.4, 0.5) is 0 Å². The van der Waals surface area contributed by atoms with Crippen LogP contribution in [0.15, 0.2) is 0 Å². The summed E-state index contributed by atoms with van der Waals surface area (Å²) in [4.78, 5) is 5.28. The molecule has 118 valence electrons. The first-order valence-corrected chi connectivity index (χ1v) is 8.43. The molecule has 2 unspecified atom stereocenters. The van der Waals surface area contributed by atoms with Crippen LogP contribution in [0.5, 0.6) is 0 Å². The number of rotatable bonds is 1. The molecule has 0 bridgehead atoms. The zero-order chi connectivity index (χ0) is 15.4. The molecule has 2 heteroatoms. The Hall–Kier alpha value is -0.0800. The van der Waals surface area contributed by atoms with Gasteiger partial charge in [0, 0.05) is 16.5 Å². The van der Waals surface area contributed by atoms with Crippen molar-refractivity contribution >= 4 is 0 Å². The van der Waals surface area contributed by atoms with E-state index in [1.807, 2.05) is 0 Å². The van der Waals surface area contributed by atoms with Crippen molar-refractivity contribution in [1.29, 1.82) is 0 Å². The van der Waals surface area contributed by atoms with Gasteiger partial charge >= 0.3 is 0 Å². The Labute approximate surface area is 126 Å². The van der Waals surface area contributed by atoms with Gasteiger partial charge in [-0.05, 0) is 79.1 Å². The maximum absolute atomic E-state index is 2.68. The molecule has 0 spiro atoms. The molecule has 2 fully saturated rings. The van der Waals surface area contributed by atoms with Crippen molar-refractivity contribution in [3.8, 4) is 0 Å². The van der Waals surface area contributed by atoms with E-state index in [-0.39, 0.29) is 11.1 Å². The van der Waals surface area contributed by atoms with Crippen molar-refractivity contribution in [3.63, 3.8) is 0 Å². The van der Waals surface area contributed by atoms with Crippen LogP contribution in [0.25, 0.3) is 0 Å². The third-order valence-corrected chi connectivity index (χ3v) is 7.93. The monoisotopic (exact) mass is 280 g/mol. The van der Waals surface area contributed by atoms with E-state index < -0.39 is 0 Å². The predicted molar refractivity (Wildman–Crippen MR) is 88.1 cm³/mol. The highest BCUT2D eigenvalue weighted by molar-refractivity contribution is 5.18. The van der Waals surface area contributed by atoms with Crippen LogP contribution in [0.2, 0.25) is 0 Å². The summed E-state index contributed by atoms with van der Waals surface area (Å²) in [5, 5.41) is 0. The van der Waals surface area contributed by atoms with E-state index in [1.165, 1.54) is 38.8 Å². The lowest BCUT2D eigenvalue weighted by Crippen LogP contribution is -2.75. The fraction of sp³-hybridized carbons (Fsp3) is 1.00. The van der Waals surface area contributed by atoms with Crippen LogP contribution in [-0.4, -0.2) is 48.1 Å². The highest BCUT2D eigenvalue weighted by atomic mass is 15.3. The van der Waals surface area contributed by atoms with Gasteiger partial charge in [0.25, 0.3) is 0 Å². The first-order chi connectivity index (χ1) is 9.01. The lowest BCUT2D eigenvalue weighted by atomic mass is 9.47. The Morgan fingerprint density at radius 2 is 1.20 bits per heavy atom. The van der Waals surface area contributed by atoms with Crippen LogP contribution in [0.3, 0.4) is 0 Å². The van der Waals surface area contributed by atoms with Gasteiger partial charge in [-0.3, -0.25) is 4.90 Å². The molecule has 0 radical (unpaired) electrons. The average molecular weight is 280 g/mol. The third-order valence-electron chi connectivity index (χ3n) is 7.93. The molecule has 0 aliphatic carbocycles. The minimum atomic E-state index is 0.239. The number of likely N-dealkylation sites (tertiary alicyclic amines) is 2. The van der Waals surface area contributed by atoms with Crippen molar-refractivity contribution in [3.05, 3.63) is 0 Å². The number of hydrogen-bond acceptors (Lipinski definition) is 2. The zero-order valence-electron chi connectivity index (χ0n) is 15.1. The van der Waals surface area contributed by atoms with E-state index >= 15 is 0 Å². The van der Waals surface area contributed by atoms with Gasteiger partial charge in [0.15, 0.2) is 0 Å². The molecule has 0 aromatic heterocycles. The quantitative estimate of drug-likeness (QED) is 0.716. The molecule has 2 aliphatic heterocycles. The molecule has 2 rings (SSSR count). The summed E-state index contributed by atoms with van der Waals surface area (Å²) in [6, 6.07) is 0. The molecule has 2 nitrogen and oxygen atoms in total. The number of hydrogen-bond donors (Lipinski definition) is 0. The van der Waals surface area contributed by atoms with Gasteiger partial charge in [0.05, 0.1) is 0 Å². The fourth-order valence-electron chi connectivity index (χ4n) is 5.43. The molecule has 2 saturated heterocycles. The predicted octanol–water partition coefficient (Wildman–Crippen LogP) is 4.01. The lowest BCUT2D eigenvalue weighted by Gasteiger charge is -2.69. The van der Waals surface area contributed by atoms with Gasteiger partial charge in [0.2, 0.25) is 0 Å². The van der Waals surface area contributed by atoms with Gasteiger partial charge in [-0.25, -0.2) is 0 Å². The molecule has 0 amide bonds. The molecule has 2 atom stereocenters. The van der Waals surface area contributed by atoms with Gasteiger partial charge in [-0.1, -0.05) is 20.8 Å². The zero-order valence-corrected chi connectivity index (χ0v) is 15.1. The number of piperidine rings is 2. The first-order valence-electron chi connectivity index (χ1n) is 8.43. The largest absolute Gasteiger partial charge is 0.301 e. The highest BCUT2D eigenvalue weighted by Gasteiger charge is 2.63. The first kappa shape index (κ1) is 16.3. The summed E-state index contributed by atoms with van der Waals surface area (Å²) >= 11 is 0. The Morgan fingerprint density at radius 3 is 1.75 bits per heavy atom. The van der Waals surface area contributed by atoms with Crippen LogP contribution in [0, 0.1) is 10.8 Å². The second-order valence-corrected chi connectivity index (χ2v) is 8.90. The molecule has 0 aromatic rings. The summed E-state index contributed by atoms with van der Waals surface area (Å²) in [6.07, 6.45) is 5.36. The molecule has 2 heterocycles. The topological polar surface area (TPSA) is 6.48 Å². The van der Waals surface area contributed by atoms with Crippen LogP contribution in [0.1, 0.15) is 67.2 Å². The average Bonchev–Trinajstić information content (AvgIpc) is 2.33. The maximum atomic E-state index is 2.68. The molecular weight excluding hydrogens is 244 g/mol. The van der Waals surface area contributed by atoms with Gasteiger partial charge < -0.3 is 4.90 Å². The minimum absolute atomic E-state index is 0.239. The summed E-state index contributed by atoms with van der Waals surface area (Å²) in [7, 11) is 4.67. The van der Waals surface area contributed by atoms with E-state index in [1.54, 1.807) is 0 Å². The summed E-state index contributed by atoms with van der Waals surface area (Å²) in [5.74, 6) is 0. The van der Waals surface area contributed by atoms with E-state index in [0.29, 0.717) is 10.8 Å². The Morgan fingerprint density at radius 1 is 0.700 bits per heavy atom. The molecule has 20 heavy (non-hydrogen) atoms. The van der Waals surface area contributed by atoms with Crippen LogP contribution in [-0.2, 0) is 0 Å².